The summed E-state index contributed by atoms with van der Waals surface area (Å²) in [6, 6.07) is 5.90. The molecular formula is C18H26ClN3O2. The molecule has 6 heteroatoms. The molecule has 5 nitrogen and oxygen atoms in total. The van der Waals surface area contributed by atoms with Gasteiger partial charge in [-0.2, -0.15) is 0 Å². The quantitative estimate of drug-likeness (QED) is 0.875. The van der Waals surface area contributed by atoms with E-state index in [4.69, 9.17) is 16.3 Å². The van der Waals surface area contributed by atoms with E-state index in [0.29, 0.717) is 24.7 Å². The summed E-state index contributed by atoms with van der Waals surface area (Å²) in [5, 5.41) is 6.92. The molecule has 3 rings (SSSR count). The minimum absolute atomic E-state index is 0.0170. The predicted molar refractivity (Wildman–Crippen MR) is 98.0 cm³/mol. The second kappa shape index (κ2) is 8.70. The number of carbonyl (C=O) groups is 1. The molecule has 2 saturated heterocycles. The van der Waals surface area contributed by atoms with Gasteiger partial charge < -0.3 is 20.3 Å². The zero-order valence-electron chi connectivity index (χ0n) is 14.0. The van der Waals surface area contributed by atoms with Crippen LogP contribution in [-0.2, 0) is 9.53 Å². The first-order valence-electron chi connectivity index (χ1n) is 8.88. The summed E-state index contributed by atoms with van der Waals surface area (Å²) in [5.41, 5.74) is 1.82. The minimum Gasteiger partial charge on any atom is -0.378 e. The Bertz CT molecular complexity index is 553. The average Bonchev–Trinajstić information content (AvgIpc) is 2.85. The van der Waals surface area contributed by atoms with Crippen LogP contribution in [0.3, 0.4) is 0 Å². The highest BCUT2D eigenvalue weighted by Gasteiger charge is 2.18. The maximum Gasteiger partial charge on any atom is 0.226 e. The predicted octanol–water partition coefficient (Wildman–Crippen LogP) is 3.04. The van der Waals surface area contributed by atoms with Crippen LogP contribution in [0.15, 0.2) is 18.2 Å². The van der Waals surface area contributed by atoms with E-state index in [1.165, 1.54) is 25.7 Å². The number of halogens is 1. The number of rotatable bonds is 4. The van der Waals surface area contributed by atoms with Crippen molar-refractivity contribution >= 4 is 28.9 Å². The standard InChI is InChI=1S/C18H26ClN3O2/c19-16-11-14(21-18(23)12-15-13-24-10-7-20-15)5-6-17(16)22-8-3-1-2-4-9-22/h5-6,11,15,20H,1-4,7-10,12-13H2,(H,21,23)/t15-/m1/s1. The van der Waals surface area contributed by atoms with E-state index in [1.54, 1.807) is 0 Å². The summed E-state index contributed by atoms with van der Waals surface area (Å²) in [6.45, 7) is 4.21. The van der Waals surface area contributed by atoms with E-state index in [-0.39, 0.29) is 11.9 Å². The third kappa shape index (κ3) is 4.85. The van der Waals surface area contributed by atoms with E-state index < -0.39 is 0 Å². The minimum atomic E-state index is -0.0170. The molecule has 0 radical (unpaired) electrons. The van der Waals surface area contributed by atoms with Crippen LogP contribution in [0.1, 0.15) is 32.1 Å². The summed E-state index contributed by atoms with van der Waals surface area (Å²) in [6.07, 6.45) is 5.42. The summed E-state index contributed by atoms with van der Waals surface area (Å²) < 4.78 is 5.38. The van der Waals surface area contributed by atoms with Gasteiger partial charge in [0.25, 0.3) is 0 Å². The highest BCUT2D eigenvalue weighted by atomic mass is 35.5. The highest BCUT2D eigenvalue weighted by molar-refractivity contribution is 6.33. The molecule has 0 aliphatic carbocycles. The molecule has 1 atom stereocenters. The van der Waals surface area contributed by atoms with Gasteiger partial charge in [-0.3, -0.25) is 4.79 Å². The third-order valence-electron chi connectivity index (χ3n) is 4.61. The number of hydrogen-bond acceptors (Lipinski definition) is 4. The molecule has 2 heterocycles. The van der Waals surface area contributed by atoms with E-state index in [9.17, 15) is 4.79 Å². The number of benzene rings is 1. The van der Waals surface area contributed by atoms with Crippen molar-refractivity contribution in [3.63, 3.8) is 0 Å². The van der Waals surface area contributed by atoms with Crippen LogP contribution in [0, 0.1) is 0 Å². The van der Waals surface area contributed by atoms with Gasteiger partial charge in [0.15, 0.2) is 0 Å². The van der Waals surface area contributed by atoms with Crippen LogP contribution in [-0.4, -0.2) is 44.8 Å². The molecule has 24 heavy (non-hydrogen) atoms. The first-order valence-corrected chi connectivity index (χ1v) is 9.25. The lowest BCUT2D eigenvalue weighted by Crippen LogP contribution is -2.43. The van der Waals surface area contributed by atoms with Crippen molar-refractivity contribution in [1.82, 2.24) is 5.32 Å². The van der Waals surface area contributed by atoms with Crippen LogP contribution >= 0.6 is 11.6 Å². The van der Waals surface area contributed by atoms with Gasteiger partial charge >= 0.3 is 0 Å². The Kier molecular flexibility index (Phi) is 6.35. The van der Waals surface area contributed by atoms with Gasteiger partial charge in [0.1, 0.15) is 0 Å². The largest absolute Gasteiger partial charge is 0.378 e. The molecule has 132 valence electrons. The lowest BCUT2D eigenvalue weighted by Gasteiger charge is -2.24. The van der Waals surface area contributed by atoms with Gasteiger partial charge in [-0.15, -0.1) is 0 Å². The van der Waals surface area contributed by atoms with E-state index >= 15 is 0 Å². The number of anilines is 2. The molecule has 1 aromatic carbocycles. The van der Waals surface area contributed by atoms with Crippen molar-refractivity contribution in [1.29, 1.82) is 0 Å². The van der Waals surface area contributed by atoms with Gasteiger partial charge in [-0.1, -0.05) is 24.4 Å². The molecule has 1 amide bonds. The molecule has 2 N–H and O–H groups in total. The Morgan fingerprint density at radius 2 is 2.08 bits per heavy atom. The first-order chi connectivity index (χ1) is 11.7. The maximum absolute atomic E-state index is 12.2. The monoisotopic (exact) mass is 351 g/mol. The number of amides is 1. The van der Waals surface area contributed by atoms with Crippen LogP contribution in [0.4, 0.5) is 11.4 Å². The van der Waals surface area contributed by atoms with Gasteiger partial charge in [-0.25, -0.2) is 0 Å². The zero-order chi connectivity index (χ0) is 16.8. The van der Waals surface area contributed by atoms with E-state index in [0.717, 1.165) is 31.0 Å². The topological polar surface area (TPSA) is 53.6 Å². The Morgan fingerprint density at radius 1 is 1.29 bits per heavy atom. The molecular weight excluding hydrogens is 326 g/mol. The van der Waals surface area contributed by atoms with Crippen molar-refractivity contribution in [3.8, 4) is 0 Å². The highest BCUT2D eigenvalue weighted by Crippen LogP contribution is 2.30. The number of nitrogens with zero attached hydrogens (tertiary/aromatic N) is 1. The first kappa shape index (κ1) is 17.5. The normalized spacial score (nSPS) is 22.0. The molecule has 0 aromatic heterocycles. The van der Waals surface area contributed by atoms with Crippen LogP contribution < -0.4 is 15.5 Å². The van der Waals surface area contributed by atoms with Crippen molar-refractivity contribution in [2.45, 2.75) is 38.1 Å². The van der Waals surface area contributed by atoms with Crippen LogP contribution in [0.2, 0.25) is 5.02 Å². The fourth-order valence-corrected chi connectivity index (χ4v) is 3.64. The third-order valence-corrected chi connectivity index (χ3v) is 4.91. The molecule has 0 saturated carbocycles. The number of ether oxygens (including phenoxy) is 1. The van der Waals surface area contributed by atoms with Crippen molar-refractivity contribution in [3.05, 3.63) is 23.2 Å². The lowest BCUT2D eigenvalue weighted by atomic mass is 10.2. The molecule has 1 aromatic rings. The van der Waals surface area contributed by atoms with Crippen LogP contribution in [0.5, 0.6) is 0 Å². The summed E-state index contributed by atoms with van der Waals surface area (Å²) in [5.74, 6) is -0.0170. The van der Waals surface area contributed by atoms with E-state index in [1.807, 2.05) is 18.2 Å². The van der Waals surface area contributed by atoms with Gasteiger partial charge in [0.05, 0.1) is 23.9 Å². The Hall–Kier alpha value is -1.30. The Morgan fingerprint density at radius 3 is 2.75 bits per heavy atom. The molecule has 0 bridgehead atoms. The number of morpholine rings is 1. The van der Waals surface area contributed by atoms with Crippen molar-refractivity contribution in [2.75, 3.05) is 43.1 Å². The Labute approximate surface area is 148 Å². The van der Waals surface area contributed by atoms with Crippen molar-refractivity contribution in [2.24, 2.45) is 0 Å². The molecule has 2 fully saturated rings. The molecule has 0 spiro atoms. The van der Waals surface area contributed by atoms with Crippen molar-refractivity contribution < 1.29 is 9.53 Å². The Balaban J connectivity index is 1.58. The lowest BCUT2D eigenvalue weighted by molar-refractivity contribution is -0.117. The smallest absolute Gasteiger partial charge is 0.226 e. The summed E-state index contributed by atoms with van der Waals surface area (Å²) in [4.78, 5) is 14.5. The fourth-order valence-electron chi connectivity index (χ4n) is 3.34. The molecule has 2 aliphatic rings. The average molecular weight is 352 g/mol. The van der Waals surface area contributed by atoms with Gasteiger partial charge in [-0.05, 0) is 31.0 Å². The maximum atomic E-state index is 12.2. The molecule has 2 aliphatic heterocycles. The van der Waals surface area contributed by atoms with Gasteiger partial charge in [0, 0.05) is 37.8 Å². The summed E-state index contributed by atoms with van der Waals surface area (Å²) >= 11 is 6.47. The van der Waals surface area contributed by atoms with E-state index in [2.05, 4.69) is 15.5 Å². The molecule has 0 unspecified atom stereocenters. The van der Waals surface area contributed by atoms with Crippen LogP contribution in [0.25, 0.3) is 0 Å². The number of nitrogens with one attached hydrogen (secondary N) is 2. The second-order valence-electron chi connectivity index (χ2n) is 6.55. The second-order valence-corrected chi connectivity index (χ2v) is 6.95. The number of hydrogen-bond donors (Lipinski definition) is 2. The number of carbonyl (C=O) groups excluding carboxylic acids is 1. The summed E-state index contributed by atoms with van der Waals surface area (Å²) in [7, 11) is 0. The zero-order valence-corrected chi connectivity index (χ0v) is 14.8. The van der Waals surface area contributed by atoms with Gasteiger partial charge in [0.2, 0.25) is 5.91 Å². The SMILES string of the molecule is O=C(C[C@@H]1COCCN1)Nc1ccc(N2CCCCCC2)c(Cl)c1. The fraction of sp³-hybridized carbons (Fsp3) is 0.611.